The Bertz CT molecular complexity index is 1050. The van der Waals surface area contributed by atoms with Crippen molar-refractivity contribution in [3.63, 3.8) is 0 Å². The Hall–Kier alpha value is -1.26. The van der Waals surface area contributed by atoms with Crippen LogP contribution in [0.1, 0.15) is 12.8 Å². The molecular formula is C17H14BrClN2O3S3. The maximum absolute atomic E-state index is 12.3. The molecule has 10 heteroatoms. The highest BCUT2D eigenvalue weighted by Crippen LogP contribution is 2.33. The van der Waals surface area contributed by atoms with Crippen LogP contribution in [0.15, 0.2) is 50.5 Å². The molecule has 0 saturated heterocycles. The number of sulfone groups is 1. The highest BCUT2D eigenvalue weighted by molar-refractivity contribution is 9.11. The van der Waals surface area contributed by atoms with Crippen LogP contribution >= 0.6 is 50.2 Å². The molecule has 0 saturated carbocycles. The molecule has 27 heavy (non-hydrogen) atoms. The van der Waals surface area contributed by atoms with Gasteiger partial charge in [-0.2, -0.15) is 0 Å². The monoisotopic (exact) mass is 504 g/mol. The van der Waals surface area contributed by atoms with Gasteiger partial charge in [0.1, 0.15) is 0 Å². The normalized spacial score (nSPS) is 11.5. The van der Waals surface area contributed by atoms with E-state index in [4.69, 9.17) is 11.6 Å². The van der Waals surface area contributed by atoms with E-state index in [1.807, 2.05) is 17.5 Å². The fourth-order valence-corrected chi connectivity index (χ4v) is 5.85. The number of anilines is 1. The molecule has 5 nitrogen and oxygen atoms in total. The molecule has 2 aromatic heterocycles. The predicted octanol–water partition coefficient (Wildman–Crippen LogP) is 5.48. The van der Waals surface area contributed by atoms with Gasteiger partial charge in [-0.05, 0) is 58.7 Å². The summed E-state index contributed by atoms with van der Waals surface area (Å²) in [6.45, 7) is 0. The molecule has 0 spiro atoms. The maximum Gasteiger partial charge on any atom is 0.226 e. The standard InChI is InChI=1S/C17H14BrClN2O3S3/c18-15-8-7-14(26-15)13-10-25-17(20-13)21-16(22)2-1-9-27(23,24)12-5-3-11(19)4-6-12/h3-8,10H,1-2,9H2,(H,20,21,22). The molecule has 1 N–H and O–H groups in total. The van der Waals surface area contributed by atoms with Gasteiger partial charge in [-0.1, -0.05) is 11.6 Å². The van der Waals surface area contributed by atoms with Crippen molar-refractivity contribution in [1.29, 1.82) is 0 Å². The molecule has 3 rings (SSSR count). The van der Waals surface area contributed by atoms with E-state index in [0.717, 1.165) is 14.4 Å². The molecule has 0 unspecified atom stereocenters. The van der Waals surface area contributed by atoms with Crippen LogP contribution in [0.3, 0.4) is 0 Å². The van der Waals surface area contributed by atoms with Crippen LogP contribution in [0.25, 0.3) is 10.6 Å². The lowest BCUT2D eigenvalue weighted by atomic mass is 10.3. The lowest BCUT2D eigenvalue weighted by Crippen LogP contribution is -2.14. The first kappa shape index (κ1) is 20.5. The Kier molecular flexibility index (Phi) is 6.69. The Morgan fingerprint density at radius 3 is 2.59 bits per heavy atom. The van der Waals surface area contributed by atoms with Crippen LogP contribution in [-0.2, 0) is 14.6 Å². The van der Waals surface area contributed by atoms with Gasteiger partial charge in [-0.25, -0.2) is 13.4 Å². The first-order chi connectivity index (χ1) is 12.8. The Labute approximate surface area is 178 Å². The van der Waals surface area contributed by atoms with Gasteiger partial charge >= 0.3 is 0 Å². The lowest BCUT2D eigenvalue weighted by Gasteiger charge is -2.05. The second kappa shape index (κ2) is 8.83. The minimum absolute atomic E-state index is 0.103. The summed E-state index contributed by atoms with van der Waals surface area (Å²) >= 11 is 12.1. The molecule has 142 valence electrons. The van der Waals surface area contributed by atoms with Gasteiger partial charge in [-0.3, -0.25) is 4.79 Å². The number of carbonyl (C=O) groups excluding carboxylic acids is 1. The largest absolute Gasteiger partial charge is 0.302 e. The molecule has 1 amide bonds. The Morgan fingerprint density at radius 1 is 1.19 bits per heavy atom. The second-order valence-electron chi connectivity index (χ2n) is 5.57. The van der Waals surface area contributed by atoms with Crippen molar-refractivity contribution in [3.05, 3.63) is 50.6 Å². The van der Waals surface area contributed by atoms with Crippen LogP contribution in [-0.4, -0.2) is 25.1 Å². The number of thiophene rings is 1. The van der Waals surface area contributed by atoms with Gasteiger partial charge in [0, 0.05) is 16.8 Å². The average molecular weight is 506 g/mol. The summed E-state index contributed by atoms with van der Waals surface area (Å²) in [4.78, 5) is 17.7. The lowest BCUT2D eigenvalue weighted by molar-refractivity contribution is -0.116. The number of carbonyl (C=O) groups is 1. The highest BCUT2D eigenvalue weighted by Gasteiger charge is 2.15. The maximum atomic E-state index is 12.3. The molecule has 0 bridgehead atoms. The molecule has 1 aromatic carbocycles. The summed E-state index contributed by atoms with van der Waals surface area (Å²) in [5, 5.41) is 5.57. The zero-order valence-corrected chi connectivity index (χ0v) is 18.6. The second-order valence-corrected chi connectivity index (χ2v) is 11.4. The molecule has 0 radical (unpaired) electrons. The van der Waals surface area contributed by atoms with Gasteiger partial charge in [-0.15, -0.1) is 22.7 Å². The summed E-state index contributed by atoms with van der Waals surface area (Å²) in [7, 11) is -3.43. The van der Waals surface area contributed by atoms with Crippen molar-refractivity contribution in [1.82, 2.24) is 4.98 Å². The molecule has 0 aliphatic carbocycles. The number of thiazole rings is 1. The van der Waals surface area contributed by atoms with E-state index in [0.29, 0.717) is 10.2 Å². The van der Waals surface area contributed by atoms with Crippen molar-refractivity contribution in [3.8, 4) is 10.6 Å². The van der Waals surface area contributed by atoms with Crippen molar-refractivity contribution in [2.75, 3.05) is 11.1 Å². The molecular weight excluding hydrogens is 492 g/mol. The van der Waals surface area contributed by atoms with E-state index in [1.54, 1.807) is 11.3 Å². The van der Waals surface area contributed by atoms with E-state index in [9.17, 15) is 13.2 Å². The summed E-state index contributed by atoms with van der Waals surface area (Å²) in [5.74, 6) is -0.358. The van der Waals surface area contributed by atoms with Crippen LogP contribution in [0.4, 0.5) is 5.13 Å². The summed E-state index contributed by atoms with van der Waals surface area (Å²) < 4.78 is 25.5. The zero-order valence-electron chi connectivity index (χ0n) is 13.8. The number of rotatable bonds is 7. The molecule has 0 aliphatic heterocycles. The predicted molar refractivity (Wildman–Crippen MR) is 114 cm³/mol. The van der Waals surface area contributed by atoms with Gasteiger partial charge in [0.25, 0.3) is 0 Å². The summed E-state index contributed by atoms with van der Waals surface area (Å²) in [5.41, 5.74) is 0.802. The minimum atomic E-state index is -3.43. The number of aromatic nitrogens is 1. The van der Waals surface area contributed by atoms with Gasteiger partial charge in [0.05, 0.1) is 25.0 Å². The molecule has 0 atom stereocenters. The quantitative estimate of drug-likeness (QED) is 0.461. The van der Waals surface area contributed by atoms with Crippen molar-refractivity contribution in [2.45, 2.75) is 17.7 Å². The molecule has 0 aliphatic rings. The Balaban J connectivity index is 1.51. The number of amides is 1. The van der Waals surface area contributed by atoms with Crippen molar-refractivity contribution >= 4 is 71.1 Å². The van der Waals surface area contributed by atoms with E-state index in [-0.39, 0.29) is 29.4 Å². The van der Waals surface area contributed by atoms with Crippen LogP contribution in [0.5, 0.6) is 0 Å². The average Bonchev–Trinajstić information content (AvgIpc) is 3.24. The summed E-state index contributed by atoms with van der Waals surface area (Å²) in [6.07, 6.45) is 0.333. The van der Waals surface area contributed by atoms with Gasteiger partial charge < -0.3 is 5.32 Å². The van der Waals surface area contributed by atoms with Crippen LogP contribution < -0.4 is 5.32 Å². The first-order valence-electron chi connectivity index (χ1n) is 7.83. The van der Waals surface area contributed by atoms with E-state index in [1.165, 1.54) is 35.6 Å². The third kappa shape index (κ3) is 5.61. The molecule has 3 aromatic rings. The third-order valence-corrected chi connectivity index (χ3v) is 8.04. The van der Waals surface area contributed by atoms with Crippen LogP contribution in [0, 0.1) is 0 Å². The smallest absolute Gasteiger partial charge is 0.226 e. The third-order valence-electron chi connectivity index (χ3n) is 3.57. The molecule has 2 heterocycles. The van der Waals surface area contributed by atoms with Crippen molar-refractivity contribution < 1.29 is 13.2 Å². The van der Waals surface area contributed by atoms with E-state index >= 15 is 0 Å². The SMILES string of the molecule is O=C(CCCS(=O)(=O)c1ccc(Cl)cc1)Nc1nc(-c2ccc(Br)s2)cs1. The first-order valence-corrected chi connectivity index (χ1v) is 12.3. The van der Waals surface area contributed by atoms with E-state index < -0.39 is 9.84 Å². The summed E-state index contributed by atoms with van der Waals surface area (Å²) in [6, 6.07) is 9.91. The molecule has 0 fully saturated rings. The number of hydrogen-bond donors (Lipinski definition) is 1. The van der Waals surface area contributed by atoms with E-state index in [2.05, 4.69) is 26.2 Å². The Morgan fingerprint density at radius 2 is 1.93 bits per heavy atom. The number of benzene rings is 1. The number of nitrogens with zero attached hydrogens (tertiary/aromatic N) is 1. The zero-order chi connectivity index (χ0) is 19.4. The topological polar surface area (TPSA) is 76.1 Å². The number of hydrogen-bond acceptors (Lipinski definition) is 6. The minimum Gasteiger partial charge on any atom is -0.302 e. The van der Waals surface area contributed by atoms with Crippen LogP contribution in [0.2, 0.25) is 5.02 Å². The van der Waals surface area contributed by atoms with Crippen molar-refractivity contribution in [2.24, 2.45) is 0 Å². The fourth-order valence-electron chi connectivity index (χ4n) is 2.26. The van der Waals surface area contributed by atoms with Gasteiger partial charge in [0.15, 0.2) is 15.0 Å². The number of halogens is 2. The number of nitrogens with one attached hydrogen (secondary N) is 1. The fraction of sp³-hybridized carbons (Fsp3) is 0.176. The highest BCUT2D eigenvalue weighted by atomic mass is 79.9. The van der Waals surface area contributed by atoms with Gasteiger partial charge in [0.2, 0.25) is 5.91 Å².